The number of amidine groups is 1. The molecule has 0 radical (unpaired) electrons. The molecular formula is C19H22Cl3N3O3S. The van der Waals surface area contributed by atoms with Crippen LogP contribution in [-0.2, 0) is 9.59 Å². The molecule has 10 heteroatoms. The number of benzene rings is 1. The van der Waals surface area contributed by atoms with Gasteiger partial charge in [0, 0.05) is 41.1 Å². The fourth-order valence-corrected chi connectivity index (χ4v) is 4.91. The van der Waals surface area contributed by atoms with E-state index in [1.165, 1.54) is 16.7 Å². The molecule has 0 unspecified atom stereocenters. The molecule has 0 fully saturated rings. The lowest BCUT2D eigenvalue weighted by Gasteiger charge is -2.25. The summed E-state index contributed by atoms with van der Waals surface area (Å²) < 4.78 is 0. The van der Waals surface area contributed by atoms with Crippen molar-refractivity contribution < 1.29 is 14.7 Å². The molecule has 2 aliphatic heterocycles. The largest absolute Gasteiger partial charge is 0.481 e. The summed E-state index contributed by atoms with van der Waals surface area (Å²) in [7, 11) is 0. The Morgan fingerprint density at radius 1 is 1.28 bits per heavy atom. The van der Waals surface area contributed by atoms with Gasteiger partial charge in [0.2, 0.25) is 0 Å². The van der Waals surface area contributed by atoms with Crippen LogP contribution >= 0.6 is 47.4 Å². The lowest BCUT2D eigenvalue weighted by atomic mass is 10.2. The predicted molar refractivity (Wildman–Crippen MR) is 121 cm³/mol. The number of aliphatic imine (C=N–C) groups is 1. The highest BCUT2D eigenvalue weighted by Gasteiger charge is 2.36. The van der Waals surface area contributed by atoms with Crippen molar-refractivity contribution in [1.29, 1.82) is 0 Å². The van der Waals surface area contributed by atoms with E-state index >= 15 is 0 Å². The summed E-state index contributed by atoms with van der Waals surface area (Å²) in [4.78, 5) is 33.4. The number of carbonyl (C=O) groups excluding carboxylic acids is 1. The molecule has 3 rings (SSSR count). The molecule has 0 bridgehead atoms. The minimum atomic E-state index is -0.977. The summed E-state index contributed by atoms with van der Waals surface area (Å²) in [6.45, 7) is 3.70. The average Bonchev–Trinajstić information content (AvgIpc) is 3.00. The van der Waals surface area contributed by atoms with Gasteiger partial charge in [-0.2, -0.15) is 0 Å². The molecule has 158 valence electrons. The molecule has 6 nitrogen and oxygen atoms in total. The molecule has 2 heterocycles. The van der Waals surface area contributed by atoms with Crippen molar-refractivity contribution in [2.75, 3.05) is 24.5 Å². The number of fused-ring (bicyclic) bond motifs is 1. The molecule has 0 aromatic heterocycles. The van der Waals surface area contributed by atoms with E-state index in [-0.39, 0.29) is 31.3 Å². The number of anilines is 1. The van der Waals surface area contributed by atoms with E-state index in [0.717, 1.165) is 43.2 Å². The lowest BCUT2D eigenvalue weighted by Crippen LogP contribution is -2.34. The third kappa shape index (κ3) is 5.60. The van der Waals surface area contributed by atoms with E-state index in [0.29, 0.717) is 20.6 Å². The van der Waals surface area contributed by atoms with Crippen LogP contribution in [0.3, 0.4) is 0 Å². The molecule has 2 aliphatic rings. The van der Waals surface area contributed by atoms with E-state index in [2.05, 4.69) is 16.8 Å². The number of amides is 1. The Labute approximate surface area is 190 Å². The molecule has 1 N–H and O–H groups in total. The Kier molecular flexibility index (Phi) is 8.70. The minimum absolute atomic E-state index is 0. The zero-order valence-corrected chi connectivity index (χ0v) is 19.0. The molecule has 0 saturated heterocycles. The van der Waals surface area contributed by atoms with Gasteiger partial charge in [-0.25, -0.2) is 0 Å². The summed E-state index contributed by atoms with van der Waals surface area (Å²) in [5.41, 5.74) is 1.45. The maximum Gasteiger partial charge on any atom is 0.305 e. The molecule has 0 aliphatic carbocycles. The first-order valence-corrected chi connectivity index (χ1v) is 10.7. The van der Waals surface area contributed by atoms with Crippen LogP contribution in [0.15, 0.2) is 33.8 Å². The lowest BCUT2D eigenvalue weighted by molar-refractivity contribution is -0.136. The topological polar surface area (TPSA) is 73.2 Å². The van der Waals surface area contributed by atoms with Crippen LogP contribution in [-0.4, -0.2) is 46.7 Å². The van der Waals surface area contributed by atoms with Crippen molar-refractivity contribution in [3.05, 3.63) is 38.8 Å². The summed E-state index contributed by atoms with van der Waals surface area (Å²) in [5, 5.41) is 10.8. The minimum Gasteiger partial charge on any atom is -0.481 e. The van der Waals surface area contributed by atoms with Gasteiger partial charge in [-0.15, -0.1) is 12.4 Å². The normalized spacial score (nSPS) is 15.6. The van der Waals surface area contributed by atoms with Crippen LogP contribution in [0.4, 0.5) is 5.69 Å². The number of rotatable bonds is 7. The number of thioether (sulfide) groups is 1. The zero-order valence-electron chi connectivity index (χ0n) is 15.9. The second-order valence-corrected chi connectivity index (χ2v) is 8.38. The van der Waals surface area contributed by atoms with Crippen molar-refractivity contribution >= 4 is 70.1 Å². The quantitative estimate of drug-likeness (QED) is 0.594. The van der Waals surface area contributed by atoms with Crippen molar-refractivity contribution in [2.45, 2.75) is 32.6 Å². The third-order valence-electron chi connectivity index (χ3n) is 4.43. The van der Waals surface area contributed by atoms with Gasteiger partial charge in [0.05, 0.1) is 6.42 Å². The second-order valence-electron chi connectivity index (χ2n) is 6.53. The van der Waals surface area contributed by atoms with Gasteiger partial charge in [-0.1, -0.05) is 36.5 Å². The molecule has 1 aromatic carbocycles. The van der Waals surface area contributed by atoms with Crippen molar-refractivity contribution in [1.82, 2.24) is 4.90 Å². The number of hydrogen-bond acceptors (Lipinski definition) is 5. The van der Waals surface area contributed by atoms with E-state index in [4.69, 9.17) is 28.3 Å². The fourth-order valence-electron chi connectivity index (χ4n) is 3.22. The summed E-state index contributed by atoms with van der Waals surface area (Å²) >= 11 is 13.6. The van der Waals surface area contributed by atoms with E-state index < -0.39 is 5.97 Å². The zero-order chi connectivity index (χ0) is 20.3. The van der Waals surface area contributed by atoms with Crippen molar-refractivity contribution in [3.63, 3.8) is 0 Å². The summed E-state index contributed by atoms with van der Waals surface area (Å²) in [6.07, 6.45) is 2.43. The Morgan fingerprint density at radius 3 is 2.59 bits per heavy atom. The number of nitrogens with zero attached hydrogens (tertiary/aromatic N) is 3. The highest BCUT2D eigenvalue weighted by atomic mass is 35.5. The first-order valence-electron chi connectivity index (χ1n) is 9.13. The maximum atomic E-state index is 13.5. The van der Waals surface area contributed by atoms with Gasteiger partial charge < -0.3 is 14.9 Å². The van der Waals surface area contributed by atoms with Crippen LogP contribution in [0.5, 0.6) is 0 Å². The van der Waals surface area contributed by atoms with Gasteiger partial charge in [0.15, 0.2) is 5.17 Å². The van der Waals surface area contributed by atoms with Gasteiger partial charge in [-0.05, 0) is 42.8 Å². The van der Waals surface area contributed by atoms with Gasteiger partial charge in [0.25, 0.3) is 5.91 Å². The van der Waals surface area contributed by atoms with Crippen LogP contribution in [0.25, 0.3) is 0 Å². The highest BCUT2D eigenvalue weighted by Crippen LogP contribution is 2.40. The Hall–Kier alpha value is -1.41. The molecule has 1 amide bonds. The molecule has 0 saturated carbocycles. The number of halogens is 3. The highest BCUT2D eigenvalue weighted by molar-refractivity contribution is 8.18. The predicted octanol–water partition coefficient (Wildman–Crippen LogP) is 5.04. The SMILES string of the molecule is CCCC1=C(C(=O)N(CCC(=O)O)c2cc(Cl)cc(Cl)c2)SC2=NCCCN21.Cl. The number of allylic oxidation sites excluding steroid dienone is 1. The molecular weight excluding hydrogens is 457 g/mol. The third-order valence-corrected chi connectivity index (χ3v) is 6.02. The van der Waals surface area contributed by atoms with Crippen LogP contribution in [0.2, 0.25) is 10.0 Å². The fraction of sp³-hybridized carbons (Fsp3) is 0.421. The van der Waals surface area contributed by atoms with E-state index in [9.17, 15) is 9.59 Å². The molecule has 0 atom stereocenters. The monoisotopic (exact) mass is 477 g/mol. The first-order chi connectivity index (χ1) is 13.4. The Morgan fingerprint density at radius 2 is 1.97 bits per heavy atom. The number of carboxylic acid groups (broad SMARTS) is 1. The average molecular weight is 479 g/mol. The van der Waals surface area contributed by atoms with Gasteiger partial charge >= 0.3 is 5.97 Å². The van der Waals surface area contributed by atoms with Gasteiger partial charge in [0.1, 0.15) is 4.91 Å². The Balaban J connectivity index is 0.00000300. The summed E-state index contributed by atoms with van der Waals surface area (Å²) in [6, 6.07) is 4.82. The van der Waals surface area contributed by atoms with E-state index in [1.54, 1.807) is 18.2 Å². The number of aliphatic carboxylic acids is 1. The van der Waals surface area contributed by atoms with Crippen molar-refractivity contribution in [2.24, 2.45) is 4.99 Å². The second kappa shape index (κ2) is 10.6. The van der Waals surface area contributed by atoms with Crippen LogP contribution in [0, 0.1) is 0 Å². The van der Waals surface area contributed by atoms with Crippen molar-refractivity contribution in [3.8, 4) is 0 Å². The van der Waals surface area contributed by atoms with Gasteiger partial charge in [-0.3, -0.25) is 14.6 Å². The number of carbonyl (C=O) groups is 2. The van der Waals surface area contributed by atoms with E-state index in [1.807, 2.05) is 0 Å². The maximum absolute atomic E-state index is 13.5. The smallest absolute Gasteiger partial charge is 0.305 e. The molecule has 0 spiro atoms. The molecule has 1 aromatic rings. The number of carboxylic acids is 1. The standard InChI is InChI=1S/C19H21Cl2N3O3S.ClH/c1-2-4-15-17(28-19-22-6-3-7-24(15)19)18(27)23(8-5-16(25)26)14-10-12(20)9-13(21)11-14;/h9-11H,2-8H2,1H3,(H,25,26);1H. The summed E-state index contributed by atoms with van der Waals surface area (Å²) in [5.74, 6) is -1.22. The first kappa shape index (κ1) is 23.9. The van der Waals surface area contributed by atoms with Crippen LogP contribution in [0.1, 0.15) is 32.6 Å². The number of hydrogen-bond donors (Lipinski definition) is 1. The molecule has 29 heavy (non-hydrogen) atoms. The van der Waals surface area contributed by atoms with Crippen LogP contribution < -0.4 is 4.90 Å². The Bertz CT molecular complexity index is 840.